The van der Waals surface area contributed by atoms with Gasteiger partial charge in [-0.1, -0.05) is 11.6 Å². The van der Waals surface area contributed by atoms with Gasteiger partial charge in [0.2, 0.25) is 5.91 Å². The maximum Gasteiger partial charge on any atom is 0.235 e. The van der Waals surface area contributed by atoms with E-state index in [-0.39, 0.29) is 17.1 Å². The SMILES string of the molecule is NC(=NO)C1CCN(C(=O)C2CCCCS2)CC1. The second-order valence-electron chi connectivity index (χ2n) is 4.98. The van der Waals surface area contributed by atoms with Crippen molar-refractivity contribution in [3.05, 3.63) is 0 Å². The summed E-state index contributed by atoms with van der Waals surface area (Å²) in [6.07, 6.45) is 5.03. The molecule has 1 atom stereocenters. The lowest BCUT2D eigenvalue weighted by molar-refractivity contribution is -0.131. The second-order valence-corrected chi connectivity index (χ2v) is 6.29. The van der Waals surface area contributed by atoms with E-state index < -0.39 is 0 Å². The first-order valence-electron chi connectivity index (χ1n) is 6.60. The summed E-state index contributed by atoms with van der Waals surface area (Å²) >= 11 is 1.80. The van der Waals surface area contributed by atoms with E-state index in [2.05, 4.69) is 5.16 Å². The van der Waals surface area contributed by atoms with Crippen LogP contribution in [0.5, 0.6) is 0 Å². The summed E-state index contributed by atoms with van der Waals surface area (Å²) in [6, 6.07) is 0. The fraction of sp³-hybridized carbons (Fsp3) is 0.833. The molecule has 0 saturated carbocycles. The minimum Gasteiger partial charge on any atom is -0.409 e. The van der Waals surface area contributed by atoms with E-state index in [0.717, 1.165) is 38.1 Å². The number of hydrogen-bond acceptors (Lipinski definition) is 4. The zero-order valence-corrected chi connectivity index (χ0v) is 11.4. The Labute approximate surface area is 112 Å². The molecule has 2 aliphatic heterocycles. The van der Waals surface area contributed by atoms with Gasteiger partial charge in [-0.25, -0.2) is 0 Å². The normalized spacial score (nSPS) is 27.2. The van der Waals surface area contributed by atoms with Crippen LogP contribution in [0.4, 0.5) is 0 Å². The van der Waals surface area contributed by atoms with E-state index in [0.29, 0.717) is 5.84 Å². The molecule has 0 bridgehead atoms. The molecule has 0 aromatic carbocycles. The van der Waals surface area contributed by atoms with E-state index in [9.17, 15) is 4.79 Å². The Morgan fingerprint density at radius 3 is 2.56 bits per heavy atom. The molecule has 18 heavy (non-hydrogen) atoms. The van der Waals surface area contributed by atoms with Crippen molar-refractivity contribution in [3.8, 4) is 0 Å². The summed E-state index contributed by atoms with van der Waals surface area (Å²) in [6.45, 7) is 1.47. The summed E-state index contributed by atoms with van der Waals surface area (Å²) in [5.74, 6) is 1.82. The molecule has 5 nitrogen and oxygen atoms in total. The van der Waals surface area contributed by atoms with Crippen molar-refractivity contribution in [2.45, 2.75) is 37.4 Å². The third-order valence-electron chi connectivity index (χ3n) is 3.80. The Morgan fingerprint density at radius 2 is 2.00 bits per heavy atom. The Balaban J connectivity index is 1.83. The second kappa shape index (κ2) is 6.31. The Hall–Kier alpha value is -0.910. The molecule has 0 radical (unpaired) electrons. The van der Waals surface area contributed by atoms with E-state index in [1.807, 2.05) is 4.90 Å². The highest BCUT2D eigenvalue weighted by atomic mass is 32.2. The van der Waals surface area contributed by atoms with E-state index in [1.165, 1.54) is 12.8 Å². The van der Waals surface area contributed by atoms with Crippen LogP contribution in [0.15, 0.2) is 5.16 Å². The van der Waals surface area contributed by atoms with Crippen LogP contribution >= 0.6 is 11.8 Å². The number of amides is 1. The lowest BCUT2D eigenvalue weighted by Gasteiger charge is -2.34. The van der Waals surface area contributed by atoms with Crippen LogP contribution in [0.1, 0.15) is 32.1 Å². The van der Waals surface area contributed by atoms with E-state index in [1.54, 1.807) is 11.8 Å². The van der Waals surface area contributed by atoms with Gasteiger partial charge in [0.15, 0.2) is 0 Å². The van der Waals surface area contributed by atoms with Crippen LogP contribution in [0.25, 0.3) is 0 Å². The van der Waals surface area contributed by atoms with Gasteiger partial charge in [0.25, 0.3) is 0 Å². The summed E-state index contributed by atoms with van der Waals surface area (Å²) in [5.41, 5.74) is 5.60. The fourth-order valence-electron chi connectivity index (χ4n) is 2.62. The van der Waals surface area contributed by atoms with Crippen LogP contribution in [0.2, 0.25) is 0 Å². The van der Waals surface area contributed by atoms with Crippen molar-refractivity contribution in [2.24, 2.45) is 16.8 Å². The first-order chi connectivity index (χ1) is 8.72. The Morgan fingerprint density at radius 1 is 1.28 bits per heavy atom. The predicted molar refractivity (Wildman–Crippen MR) is 72.8 cm³/mol. The molecule has 1 unspecified atom stereocenters. The van der Waals surface area contributed by atoms with Crippen molar-refractivity contribution in [1.29, 1.82) is 0 Å². The van der Waals surface area contributed by atoms with Crippen LogP contribution in [-0.2, 0) is 4.79 Å². The van der Waals surface area contributed by atoms with Crippen molar-refractivity contribution < 1.29 is 10.0 Å². The summed E-state index contributed by atoms with van der Waals surface area (Å²) in [4.78, 5) is 14.2. The number of amidine groups is 1. The molecule has 2 rings (SSSR count). The lowest BCUT2D eigenvalue weighted by Crippen LogP contribution is -2.45. The highest BCUT2D eigenvalue weighted by molar-refractivity contribution is 8.00. The number of nitrogens with zero attached hydrogens (tertiary/aromatic N) is 2. The number of carbonyl (C=O) groups excluding carboxylic acids is 1. The van der Waals surface area contributed by atoms with Crippen molar-refractivity contribution in [3.63, 3.8) is 0 Å². The zero-order valence-electron chi connectivity index (χ0n) is 10.5. The minimum absolute atomic E-state index is 0.123. The number of piperidine rings is 1. The van der Waals surface area contributed by atoms with Gasteiger partial charge in [-0.2, -0.15) is 0 Å². The molecule has 2 saturated heterocycles. The third-order valence-corrected chi connectivity index (χ3v) is 5.16. The van der Waals surface area contributed by atoms with Crippen LogP contribution in [0, 0.1) is 5.92 Å². The number of carbonyl (C=O) groups is 1. The van der Waals surface area contributed by atoms with Crippen LogP contribution in [-0.4, -0.2) is 45.9 Å². The number of likely N-dealkylation sites (tertiary alicyclic amines) is 1. The highest BCUT2D eigenvalue weighted by Gasteiger charge is 2.30. The van der Waals surface area contributed by atoms with Gasteiger partial charge in [0.05, 0.1) is 5.25 Å². The highest BCUT2D eigenvalue weighted by Crippen LogP contribution is 2.28. The fourth-order valence-corrected chi connectivity index (χ4v) is 3.90. The lowest BCUT2D eigenvalue weighted by atomic mass is 9.95. The minimum atomic E-state index is 0.123. The quantitative estimate of drug-likeness (QED) is 0.343. The molecule has 0 aromatic rings. The van der Waals surface area contributed by atoms with Gasteiger partial charge in [0.1, 0.15) is 5.84 Å². The van der Waals surface area contributed by atoms with Gasteiger partial charge in [-0.3, -0.25) is 4.79 Å². The van der Waals surface area contributed by atoms with E-state index >= 15 is 0 Å². The molecule has 2 heterocycles. The average molecular weight is 271 g/mol. The molecule has 6 heteroatoms. The molecule has 0 aliphatic carbocycles. The molecule has 0 spiro atoms. The molecule has 0 aromatic heterocycles. The van der Waals surface area contributed by atoms with Gasteiger partial charge in [0, 0.05) is 19.0 Å². The first-order valence-corrected chi connectivity index (χ1v) is 7.65. The number of thioether (sulfide) groups is 1. The summed E-state index contributed by atoms with van der Waals surface area (Å²) < 4.78 is 0. The number of rotatable bonds is 2. The molecule has 1 amide bonds. The van der Waals surface area contributed by atoms with Crippen molar-refractivity contribution >= 4 is 23.5 Å². The number of hydrogen-bond donors (Lipinski definition) is 2. The topological polar surface area (TPSA) is 78.9 Å². The van der Waals surface area contributed by atoms with Crippen molar-refractivity contribution in [1.82, 2.24) is 4.90 Å². The van der Waals surface area contributed by atoms with Crippen LogP contribution < -0.4 is 5.73 Å². The first kappa shape index (κ1) is 13.5. The molecule has 102 valence electrons. The summed E-state index contributed by atoms with van der Waals surface area (Å²) in [7, 11) is 0. The Bertz CT molecular complexity index is 321. The number of nitrogens with two attached hydrogens (primary N) is 1. The standard InChI is InChI=1S/C12H21N3O2S/c13-11(14-17)9-4-6-15(7-5-9)12(16)10-3-1-2-8-18-10/h9-10,17H,1-8H2,(H2,13,14). The van der Waals surface area contributed by atoms with Gasteiger partial charge >= 0.3 is 0 Å². The third kappa shape index (κ3) is 3.10. The van der Waals surface area contributed by atoms with Crippen LogP contribution in [0.3, 0.4) is 0 Å². The molecule has 2 fully saturated rings. The maximum atomic E-state index is 12.3. The maximum absolute atomic E-state index is 12.3. The van der Waals surface area contributed by atoms with Gasteiger partial charge in [-0.15, -0.1) is 11.8 Å². The largest absolute Gasteiger partial charge is 0.409 e. The monoisotopic (exact) mass is 271 g/mol. The average Bonchev–Trinajstić information content (AvgIpc) is 2.47. The molecular formula is C12H21N3O2S. The zero-order chi connectivity index (χ0) is 13.0. The smallest absolute Gasteiger partial charge is 0.235 e. The molecule has 3 N–H and O–H groups in total. The van der Waals surface area contributed by atoms with Crippen molar-refractivity contribution in [2.75, 3.05) is 18.8 Å². The predicted octanol–water partition coefficient (Wildman–Crippen LogP) is 1.26. The van der Waals surface area contributed by atoms with E-state index in [4.69, 9.17) is 10.9 Å². The number of oxime groups is 1. The van der Waals surface area contributed by atoms with Gasteiger partial charge < -0.3 is 15.8 Å². The molecular weight excluding hydrogens is 250 g/mol. The molecule has 2 aliphatic rings. The Kier molecular flexibility index (Phi) is 4.74. The van der Waals surface area contributed by atoms with Gasteiger partial charge in [-0.05, 0) is 31.4 Å². The summed E-state index contributed by atoms with van der Waals surface area (Å²) in [5, 5.41) is 11.9.